The van der Waals surface area contributed by atoms with E-state index < -0.39 is 5.82 Å². The minimum atomic E-state index is -0.480. The molecule has 0 unspecified atom stereocenters. The number of carbonyl (C=O) groups is 1. The molecule has 150 valence electrons. The van der Waals surface area contributed by atoms with Gasteiger partial charge in [0.25, 0.3) is 5.91 Å². The summed E-state index contributed by atoms with van der Waals surface area (Å²) in [5.74, 6) is 0.834. The third kappa shape index (κ3) is 3.41. The minimum absolute atomic E-state index is 0.123. The number of carbonyl (C=O) groups excluding carboxylic acids is 1. The lowest BCUT2D eigenvalue weighted by Gasteiger charge is -2.36. The molecule has 5 nitrogen and oxygen atoms in total. The molecule has 30 heavy (non-hydrogen) atoms. The summed E-state index contributed by atoms with van der Waals surface area (Å²) in [4.78, 5) is 26.2. The van der Waals surface area contributed by atoms with Crippen LogP contribution in [0.15, 0.2) is 65.4 Å². The first kappa shape index (κ1) is 18.7. The maximum absolute atomic E-state index is 14.0. The van der Waals surface area contributed by atoms with Crippen molar-refractivity contribution in [1.82, 2.24) is 14.9 Å². The number of benzene rings is 2. The summed E-state index contributed by atoms with van der Waals surface area (Å²) in [5.41, 5.74) is 2.02. The quantitative estimate of drug-likeness (QED) is 0.493. The van der Waals surface area contributed by atoms with Crippen molar-refractivity contribution in [2.24, 2.45) is 0 Å². The highest BCUT2D eigenvalue weighted by atomic mass is 32.1. The number of halogens is 1. The first-order valence-corrected chi connectivity index (χ1v) is 10.7. The number of rotatable bonds is 3. The zero-order valence-electron chi connectivity index (χ0n) is 16.2. The molecule has 7 heteroatoms. The van der Waals surface area contributed by atoms with Crippen LogP contribution in [0.4, 0.5) is 10.2 Å². The Labute approximate surface area is 177 Å². The molecular formula is C23H19FN4OS. The SMILES string of the molecule is O=C(c1ccccc1F)N1CCN(c2nc(-c3ccsc3)nc3ccccc23)CC1. The van der Waals surface area contributed by atoms with Crippen molar-refractivity contribution < 1.29 is 9.18 Å². The Morgan fingerprint density at radius 2 is 1.70 bits per heavy atom. The Bertz CT molecular complexity index is 1200. The summed E-state index contributed by atoms with van der Waals surface area (Å²) in [5, 5.41) is 5.05. The fourth-order valence-electron chi connectivity index (χ4n) is 3.75. The molecule has 2 aromatic heterocycles. The third-order valence-electron chi connectivity index (χ3n) is 5.33. The molecule has 5 rings (SSSR count). The molecule has 2 aromatic carbocycles. The number of aromatic nitrogens is 2. The molecule has 4 aromatic rings. The maximum atomic E-state index is 14.0. The average Bonchev–Trinajstić information content (AvgIpc) is 3.33. The minimum Gasteiger partial charge on any atom is -0.352 e. The molecule has 0 radical (unpaired) electrons. The van der Waals surface area contributed by atoms with Crippen LogP contribution >= 0.6 is 11.3 Å². The largest absolute Gasteiger partial charge is 0.352 e. The van der Waals surface area contributed by atoms with Gasteiger partial charge in [-0.2, -0.15) is 11.3 Å². The van der Waals surface area contributed by atoms with Crippen molar-refractivity contribution in [3.05, 3.63) is 76.7 Å². The Hall–Kier alpha value is -3.32. The summed E-state index contributed by atoms with van der Waals surface area (Å²) in [6.45, 7) is 2.28. The van der Waals surface area contributed by atoms with E-state index in [1.54, 1.807) is 28.4 Å². The molecule has 0 saturated carbocycles. The van der Waals surface area contributed by atoms with Gasteiger partial charge in [-0.15, -0.1) is 0 Å². The van der Waals surface area contributed by atoms with Crippen molar-refractivity contribution in [3.8, 4) is 11.4 Å². The molecule has 0 bridgehead atoms. The van der Waals surface area contributed by atoms with Crippen LogP contribution in [0.1, 0.15) is 10.4 Å². The highest BCUT2D eigenvalue weighted by molar-refractivity contribution is 7.08. The van der Waals surface area contributed by atoms with E-state index >= 15 is 0 Å². The van der Waals surface area contributed by atoms with E-state index in [4.69, 9.17) is 9.97 Å². The second-order valence-corrected chi connectivity index (χ2v) is 7.94. The Balaban J connectivity index is 1.42. The highest BCUT2D eigenvalue weighted by Gasteiger charge is 2.26. The summed E-state index contributed by atoms with van der Waals surface area (Å²) in [7, 11) is 0. The molecule has 1 aliphatic heterocycles. The molecule has 1 amide bonds. The number of hydrogen-bond acceptors (Lipinski definition) is 5. The predicted octanol–water partition coefficient (Wildman–Crippen LogP) is 4.46. The Morgan fingerprint density at radius 1 is 0.933 bits per heavy atom. The third-order valence-corrected chi connectivity index (χ3v) is 6.02. The van der Waals surface area contributed by atoms with Gasteiger partial charge in [0, 0.05) is 42.5 Å². The van der Waals surface area contributed by atoms with Gasteiger partial charge in [0.1, 0.15) is 11.6 Å². The van der Waals surface area contributed by atoms with E-state index in [0.29, 0.717) is 32.0 Å². The highest BCUT2D eigenvalue weighted by Crippen LogP contribution is 2.29. The van der Waals surface area contributed by atoms with Gasteiger partial charge in [-0.25, -0.2) is 14.4 Å². The normalized spacial score (nSPS) is 14.3. The smallest absolute Gasteiger partial charge is 0.256 e. The molecular weight excluding hydrogens is 399 g/mol. The van der Waals surface area contributed by atoms with Crippen LogP contribution in [-0.2, 0) is 0 Å². The van der Waals surface area contributed by atoms with Crippen LogP contribution in [0.5, 0.6) is 0 Å². The lowest BCUT2D eigenvalue weighted by atomic mass is 10.1. The predicted molar refractivity (Wildman–Crippen MR) is 117 cm³/mol. The summed E-state index contributed by atoms with van der Waals surface area (Å²) in [6.07, 6.45) is 0. The molecule has 1 saturated heterocycles. The number of piperazine rings is 1. The monoisotopic (exact) mass is 418 g/mol. The maximum Gasteiger partial charge on any atom is 0.256 e. The van der Waals surface area contributed by atoms with Crippen molar-refractivity contribution in [1.29, 1.82) is 0 Å². The van der Waals surface area contributed by atoms with Gasteiger partial charge in [0.2, 0.25) is 0 Å². The van der Waals surface area contributed by atoms with Gasteiger partial charge >= 0.3 is 0 Å². The fourth-order valence-corrected chi connectivity index (χ4v) is 4.38. The van der Waals surface area contributed by atoms with Crippen molar-refractivity contribution >= 4 is 34.0 Å². The fraction of sp³-hybridized carbons (Fsp3) is 0.174. The van der Waals surface area contributed by atoms with Gasteiger partial charge in [-0.1, -0.05) is 24.3 Å². The van der Waals surface area contributed by atoms with Crippen LogP contribution < -0.4 is 4.90 Å². The standard InChI is InChI=1S/C23H19FN4OS/c24-19-7-3-1-5-17(19)23(29)28-12-10-27(11-13-28)22-18-6-2-4-8-20(18)25-21(26-22)16-9-14-30-15-16/h1-9,14-15H,10-13H2. The van der Waals surface area contributed by atoms with Gasteiger partial charge in [-0.05, 0) is 35.7 Å². The van der Waals surface area contributed by atoms with E-state index in [1.807, 2.05) is 41.1 Å². The first-order valence-electron chi connectivity index (χ1n) is 9.79. The summed E-state index contributed by atoms with van der Waals surface area (Å²) in [6, 6.07) is 16.1. The number of para-hydroxylation sites is 1. The van der Waals surface area contributed by atoms with Crippen LogP contribution in [0, 0.1) is 5.82 Å². The van der Waals surface area contributed by atoms with E-state index in [0.717, 1.165) is 22.3 Å². The molecule has 0 spiro atoms. The van der Waals surface area contributed by atoms with E-state index in [2.05, 4.69) is 4.90 Å². The molecule has 0 atom stereocenters. The Morgan fingerprint density at radius 3 is 2.47 bits per heavy atom. The van der Waals surface area contributed by atoms with Gasteiger partial charge in [0.05, 0.1) is 11.1 Å². The zero-order valence-corrected chi connectivity index (χ0v) is 17.0. The van der Waals surface area contributed by atoms with Crippen molar-refractivity contribution in [2.45, 2.75) is 0 Å². The van der Waals surface area contributed by atoms with E-state index in [9.17, 15) is 9.18 Å². The molecule has 0 aliphatic carbocycles. The topological polar surface area (TPSA) is 49.3 Å². The van der Waals surface area contributed by atoms with E-state index in [1.165, 1.54) is 12.1 Å². The summed E-state index contributed by atoms with van der Waals surface area (Å²) >= 11 is 1.62. The van der Waals surface area contributed by atoms with Gasteiger partial charge < -0.3 is 9.80 Å². The molecule has 3 heterocycles. The molecule has 0 N–H and O–H groups in total. The van der Waals surface area contributed by atoms with Crippen molar-refractivity contribution in [2.75, 3.05) is 31.1 Å². The van der Waals surface area contributed by atoms with Crippen LogP contribution in [0.25, 0.3) is 22.3 Å². The Kier molecular flexibility index (Phi) is 4.88. The van der Waals surface area contributed by atoms with Crippen LogP contribution in [-0.4, -0.2) is 47.0 Å². The van der Waals surface area contributed by atoms with Crippen LogP contribution in [0.2, 0.25) is 0 Å². The number of hydrogen-bond donors (Lipinski definition) is 0. The number of fused-ring (bicyclic) bond motifs is 1. The van der Waals surface area contributed by atoms with Gasteiger partial charge in [-0.3, -0.25) is 4.79 Å². The number of thiophene rings is 1. The van der Waals surface area contributed by atoms with Crippen molar-refractivity contribution in [3.63, 3.8) is 0 Å². The van der Waals surface area contributed by atoms with E-state index in [-0.39, 0.29) is 11.5 Å². The molecule has 1 fully saturated rings. The number of nitrogens with zero attached hydrogens (tertiary/aromatic N) is 4. The first-order chi connectivity index (χ1) is 14.7. The lowest BCUT2D eigenvalue weighted by Crippen LogP contribution is -2.49. The van der Waals surface area contributed by atoms with Crippen LogP contribution in [0.3, 0.4) is 0 Å². The second kappa shape index (κ2) is 7.84. The summed E-state index contributed by atoms with van der Waals surface area (Å²) < 4.78 is 14.0. The van der Waals surface area contributed by atoms with Gasteiger partial charge in [0.15, 0.2) is 5.82 Å². The number of amides is 1. The number of anilines is 1. The molecule has 1 aliphatic rings. The second-order valence-electron chi connectivity index (χ2n) is 7.16. The lowest BCUT2D eigenvalue weighted by molar-refractivity contribution is 0.0742. The average molecular weight is 418 g/mol. The zero-order chi connectivity index (χ0) is 20.5.